The zero-order chi connectivity index (χ0) is 17.1. The number of benzene rings is 1. The maximum Gasteiger partial charge on any atom is 0.253 e. The molecule has 2 heterocycles. The van der Waals surface area contributed by atoms with E-state index in [1.807, 2.05) is 0 Å². The molecule has 0 radical (unpaired) electrons. The number of aromatic nitrogens is 2. The van der Waals surface area contributed by atoms with E-state index in [1.165, 1.54) is 13.3 Å². The molecule has 1 aromatic heterocycles. The lowest BCUT2D eigenvalue weighted by atomic mass is 10.2. The van der Waals surface area contributed by atoms with Crippen LogP contribution in [0.25, 0.3) is 0 Å². The van der Waals surface area contributed by atoms with E-state index in [-0.39, 0.29) is 24.4 Å². The summed E-state index contributed by atoms with van der Waals surface area (Å²) in [6.07, 6.45) is 2.30. The highest BCUT2D eigenvalue weighted by Crippen LogP contribution is 2.23. The summed E-state index contributed by atoms with van der Waals surface area (Å²) >= 11 is 5.92. The number of nitrogens with one attached hydrogen (secondary N) is 1. The molecule has 1 aliphatic heterocycles. The van der Waals surface area contributed by atoms with Crippen LogP contribution in [0, 0.1) is 0 Å². The largest absolute Gasteiger partial charge is 0.480 e. The fourth-order valence-electron chi connectivity index (χ4n) is 2.62. The van der Waals surface area contributed by atoms with Crippen molar-refractivity contribution in [2.45, 2.75) is 12.5 Å². The van der Waals surface area contributed by atoms with Gasteiger partial charge in [0.15, 0.2) is 0 Å². The fourth-order valence-corrected chi connectivity index (χ4v) is 2.79. The molecule has 1 saturated heterocycles. The number of anilines is 2. The Morgan fingerprint density at radius 1 is 1.40 bits per heavy atom. The molecule has 1 amide bonds. The molecule has 0 unspecified atom stereocenters. The topological polar surface area (TPSA) is 93.4 Å². The van der Waals surface area contributed by atoms with E-state index >= 15 is 0 Å². The summed E-state index contributed by atoms with van der Waals surface area (Å²) in [4.78, 5) is 22.6. The van der Waals surface area contributed by atoms with E-state index in [4.69, 9.17) is 22.1 Å². The van der Waals surface area contributed by atoms with Gasteiger partial charge in [-0.2, -0.15) is 4.98 Å². The number of likely N-dealkylation sites (tertiary alicyclic amines) is 1. The average molecular weight is 384 g/mol. The molecule has 0 spiro atoms. The van der Waals surface area contributed by atoms with Gasteiger partial charge in [-0.1, -0.05) is 11.6 Å². The Labute approximate surface area is 156 Å². The summed E-state index contributed by atoms with van der Waals surface area (Å²) < 4.78 is 5.08. The average Bonchev–Trinajstić information content (AvgIpc) is 3.05. The Balaban J connectivity index is 0.00000225. The minimum Gasteiger partial charge on any atom is -0.480 e. The third-order valence-electron chi connectivity index (χ3n) is 3.87. The van der Waals surface area contributed by atoms with Crippen molar-refractivity contribution in [1.82, 2.24) is 14.9 Å². The van der Waals surface area contributed by atoms with Crippen LogP contribution in [0.4, 0.5) is 11.6 Å². The SMILES string of the molecule is COc1nc(N[C@@H]2CCN(C(=O)c3ccc(N)cc3)C2)ncc1Cl.Cl. The van der Waals surface area contributed by atoms with Gasteiger partial charge in [-0.05, 0) is 30.7 Å². The number of hydrogen-bond donors (Lipinski definition) is 2. The van der Waals surface area contributed by atoms with Crippen LogP contribution >= 0.6 is 24.0 Å². The van der Waals surface area contributed by atoms with Crippen molar-refractivity contribution in [3.63, 3.8) is 0 Å². The molecule has 9 heteroatoms. The highest BCUT2D eigenvalue weighted by molar-refractivity contribution is 6.31. The van der Waals surface area contributed by atoms with Gasteiger partial charge in [0.1, 0.15) is 5.02 Å². The standard InChI is InChI=1S/C16H18ClN5O2.ClH/c1-24-14-13(17)8-19-16(21-14)20-12-6-7-22(9-12)15(23)10-2-4-11(18)5-3-10;/h2-5,8,12H,6-7,9,18H2,1H3,(H,19,20,21);1H/t12-;/m1./s1. The van der Waals surface area contributed by atoms with Crippen LogP contribution in [0.5, 0.6) is 5.88 Å². The Kier molecular flexibility index (Phi) is 6.27. The number of carbonyl (C=O) groups is 1. The van der Waals surface area contributed by atoms with Crippen LogP contribution in [-0.2, 0) is 0 Å². The summed E-state index contributed by atoms with van der Waals surface area (Å²) in [6, 6.07) is 7.02. The number of hydrogen-bond acceptors (Lipinski definition) is 6. The van der Waals surface area contributed by atoms with Crippen LogP contribution in [0.3, 0.4) is 0 Å². The minimum atomic E-state index is -0.00564. The Morgan fingerprint density at radius 2 is 2.12 bits per heavy atom. The molecule has 3 rings (SSSR count). The fraction of sp³-hybridized carbons (Fsp3) is 0.312. The van der Waals surface area contributed by atoms with E-state index in [0.29, 0.717) is 41.2 Å². The summed E-state index contributed by atoms with van der Waals surface area (Å²) in [5.74, 6) is 0.749. The summed E-state index contributed by atoms with van der Waals surface area (Å²) in [5.41, 5.74) is 6.93. The number of nitrogens with two attached hydrogens (primary N) is 1. The number of nitrogen functional groups attached to an aromatic ring is 1. The molecule has 1 atom stereocenters. The van der Waals surface area contributed by atoms with Crippen molar-refractivity contribution in [3.8, 4) is 5.88 Å². The highest BCUT2D eigenvalue weighted by atomic mass is 35.5. The van der Waals surface area contributed by atoms with Crippen molar-refractivity contribution in [1.29, 1.82) is 0 Å². The second-order valence-electron chi connectivity index (χ2n) is 5.55. The quantitative estimate of drug-likeness (QED) is 0.787. The molecule has 1 fully saturated rings. The van der Waals surface area contributed by atoms with Crippen LogP contribution in [0.1, 0.15) is 16.8 Å². The highest BCUT2D eigenvalue weighted by Gasteiger charge is 2.27. The van der Waals surface area contributed by atoms with E-state index in [9.17, 15) is 4.79 Å². The monoisotopic (exact) mass is 383 g/mol. The molecule has 0 saturated carbocycles. The number of carbonyl (C=O) groups excluding carboxylic acids is 1. The predicted octanol–water partition coefficient (Wildman–Crippen LogP) is 2.47. The smallest absolute Gasteiger partial charge is 0.253 e. The molecular formula is C16H19Cl2N5O2. The van der Waals surface area contributed by atoms with Crippen LogP contribution < -0.4 is 15.8 Å². The molecule has 25 heavy (non-hydrogen) atoms. The number of rotatable bonds is 4. The molecule has 0 bridgehead atoms. The Hall–Kier alpha value is -2.25. The van der Waals surface area contributed by atoms with Crippen molar-refractivity contribution in [2.24, 2.45) is 0 Å². The van der Waals surface area contributed by atoms with Gasteiger partial charge >= 0.3 is 0 Å². The minimum absolute atomic E-state index is 0. The van der Waals surface area contributed by atoms with Crippen LogP contribution in [-0.4, -0.2) is 47.0 Å². The Bertz CT molecular complexity index is 742. The maximum atomic E-state index is 12.5. The van der Waals surface area contributed by atoms with E-state index in [1.54, 1.807) is 29.2 Å². The summed E-state index contributed by atoms with van der Waals surface area (Å²) in [6.45, 7) is 1.25. The molecule has 1 aromatic carbocycles. The molecule has 3 N–H and O–H groups in total. The first kappa shape index (κ1) is 19.1. The molecule has 1 aliphatic rings. The normalized spacial score (nSPS) is 16.2. The van der Waals surface area contributed by atoms with Gasteiger partial charge in [0, 0.05) is 30.4 Å². The molecule has 2 aromatic rings. The van der Waals surface area contributed by atoms with Crippen molar-refractivity contribution < 1.29 is 9.53 Å². The zero-order valence-corrected chi connectivity index (χ0v) is 15.2. The third-order valence-corrected chi connectivity index (χ3v) is 4.13. The maximum absolute atomic E-state index is 12.5. The van der Waals surface area contributed by atoms with Gasteiger partial charge < -0.3 is 20.7 Å². The predicted molar refractivity (Wildman–Crippen MR) is 99.6 cm³/mol. The number of nitrogens with zero attached hydrogens (tertiary/aromatic N) is 3. The van der Waals surface area contributed by atoms with Crippen LogP contribution in [0.2, 0.25) is 5.02 Å². The second kappa shape index (κ2) is 8.22. The van der Waals surface area contributed by atoms with Crippen molar-refractivity contribution in [2.75, 3.05) is 31.2 Å². The van der Waals surface area contributed by atoms with Gasteiger partial charge in [-0.3, -0.25) is 4.79 Å². The van der Waals surface area contributed by atoms with E-state index < -0.39 is 0 Å². The first-order valence-electron chi connectivity index (χ1n) is 7.54. The molecule has 0 aliphatic carbocycles. The van der Waals surface area contributed by atoms with Crippen molar-refractivity contribution in [3.05, 3.63) is 41.0 Å². The number of methoxy groups -OCH3 is 1. The number of halogens is 2. The molecule has 7 nitrogen and oxygen atoms in total. The van der Waals surface area contributed by atoms with Crippen LogP contribution in [0.15, 0.2) is 30.5 Å². The summed E-state index contributed by atoms with van der Waals surface area (Å²) in [5, 5.41) is 3.57. The Morgan fingerprint density at radius 3 is 2.80 bits per heavy atom. The van der Waals surface area contributed by atoms with Gasteiger partial charge in [-0.15, -0.1) is 12.4 Å². The number of ether oxygens (including phenoxy) is 1. The molecular weight excluding hydrogens is 365 g/mol. The first-order valence-corrected chi connectivity index (χ1v) is 7.92. The van der Waals surface area contributed by atoms with Gasteiger partial charge in [0.05, 0.1) is 13.3 Å². The lowest BCUT2D eigenvalue weighted by Crippen LogP contribution is -2.31. The third kappa shape index (κ3) is 4.43. The molecule has 134 valence electrons. The van der Waals surface area contributed by atoms with Gasteiger partial charge in [0.2, 0.25) is 11.8 Å². The lowest BCUT2D eigenvalue weighted by molar-refractivity contribution is 0.0791. The number of amides is 1. The zero-order valence-electron chi connectivity index (χ0n) is 13.6. The first-order chi connectivity index (χ1) is 11.6. The summed E-state index contributed by atoms with van der Waals surface area (Å²) in [7, 11) is 1.50. The van der Waals surface area contributed by atoms with Gasteiger partial charge in [-0.25, -0.2) is 4.98 Å². The second-order valence-corrected chi connectivity index (χ2v) is 5.96. The van der Waals surface area contributed by atoms with E-state index in [2.05, 4.69) is 15.3 Å². The van der Waals surface area contributed by atoms with Crippen molar-refractivity contribution >= 4 is 41.6 Å². The lowest BCUT2D eigenvalue weighted by Gasteiger charge is -2.17. The van der Waals surface area contributed by atoms with Gasteiger partial charge in [0.25, 0.3) is 5.91 Å². The van der Waals surface area contributed by atoms with E-state index in [0.717, 1.165) is 6.42 Å².